The number of hydrogen-bond donors (Lipinski definition) is 3. The van der Waals surface area contributed by atoms with Crippen molar-refractivity contribution in [2.24, 2.45) is 0 Å². The summed E-state index contributed by atoms with van der Waals surface area (Å²) in [6.45, 7) is 0. The highest BCUT2D eigenvalue weighted by molar-refractivity contribution is 6.04. The Balaban J connectivity index is 1.61. The molecule has 0 aliphatic carbocycles. The van der Waals surface area contributed by atoms with Gasteiger partial charge in [0.2, 0.25) is 0 Å². The lowest BCUT2D eigenvalue weighted by molar-refractivity contribution is 0.102. The smallest absolute Gasteiger partial charge is 0.255 e. The van der Waals surface area contributed by atoms with Gasteiger partial charge in [0.15, 0.2) is 0 Å². The molecule has 2 heterocycles. The normalized spacial score (nSPS) is 10.7. The summed E-state index contributed by atoms with van der Waals surface area (Å²) >= 11 is 0. The Bertz CT molecular complexity index is 1040. The Morgan fingerprint density at radius 3 is 2.52 bits per heavy atom. The zero-order valence-electron chi connectivity index (χ0n) is 13.2. The predicted octanol–water partition coefficient (Wildman–Crippen LogP) is 3.46. The van der Waals surface area contributed by atoms with Gasteiger partial charge in [-0.2, -0.15) is 0 Å². The number of rotatable bonds is 3. The first-order valence-electron chi connectivity index (χ1n) is 7.77. The highest BCUT2D eigenvalue weighted by atomic mass is 16.1. The molecule has 122 valence electrons. The zero-order valence-corrected chi connectivity index (χ0v) is 13.2. The molecule has 4 N–H and O–H groups in total. The number of anilines is 2. The molecule has 0 saturated heterocycles. The zero-order chi connectivity index (χ0) is 17.2. The molecule has 2 aromatic heterocycles. The van der Waals surface area contributed by atoms with Crippen LogP contribution in [0.5, 0.6) is 0 Å². The van der Waals surface area contributed by atoms with Gasteiger partial charge < -0.3 is 16.0 Å². The largest absolute Gasteiger partial charge is 0.383 e. The molecule has 25 heavy (non-hydrogen) atoms. The van der Waals surface area contributed by atoms with Crippen molar-refractivity contribution in [1.82, 2.24) is 15.0 Å². The van der Waals surface area contributed by atoms with Gasteiger partial charge in [0.25, 0.3) is 5.91 Å². The SMILES string of the molecule is Nc1ncnc2[nH]cc(-c3ccc(NC(=O)c4ccccc4)cc3)c12. The summed E-state index contributed by atoms with van der Waals surface area (Å²) in [5.74, 6) is 0.292. The number of aromatic amines is 1. The molecule has 0 bridgehead atoms. The van der Waals surface area contributed by atoms with Crippen LogP contribution in [0.2, 0.25) is 0 Å². The van der Waals surface area contributed by atoms with Crippen LogP contribution in [0.1, 0.15) is 10.4 Å². The quantitative estimate of drug-likeness (QED) is 0.536. The second-order valence-electron chi connectivity index (χ2n) is 5.58. The number of nitrogens with zero attached hydrogens (tertiary/aromatic N) is 2. The molecule has 0 aliphatic heterocycles. The lowest BCUT2D eigenvalue weighted by Crippen LogP contribution is -2.11. The molecular formula is C19H15N5O. The number of benzene rings is 2. The standard InChI is InChI=1S/C19H15N5O/c20-17-16-15(10-21-18(16)23-11-22-17)12-6-8-14(9-7-12)24-19(25)13-4-2-1-3-5-13/h1-11H,(H,24,25)(H3,20,21,22,23). The maximum absolute atomic E-state index is 12.2. The van der Waals surface area contributed by atoms with Crippen LogP contribution in [0.15, 0.2) is 67.1 Å². The van der Waals surface area contributed by atoms with Crippen molar-refractivity contribution in [3.05, 3.63) is 72.7 Å². The Kier molecular flexibility index (Phi) is 3.63. The summed E-state index contributed by atoms with van der Waals surface area (Å²) in [6, 6.07) is 16.7. The third-order valence-corrected chi connectivity index (χ3v) is 3.99. The van der Waals surface area contributed by atoms with Crippen LogP contribution in [0.25, 0.3) is 22.2 Å². The molecule has 6 heteroatoms. The Labute approximate surface area is 143 Å². The second kappa shape index (κ2) is 6.09. The summed E-state index contributed by atoms with van der Waals surface area (Å²) in [6.07, 6.45) is 3.29. The van der Waals surface area contributed by atoms with Crippen LogP contribution in [-0.4, -0.2) is 20.9 Å². The molecule has 1 amide bonds. The summed E-state index contributed by atoms with van der Waals surface area (Å²) in [5, 5.41) is 3.68. The van der Waals surface area contributed by atoms with E-state index in [4.69, 9.17) is 5.73 Å². The van der Waals surface area contributed by atoms with E-state index in [1.54, 1.807) is 12.1 Å². The Morgan fingerprint density at radius 2 is 1.76 bits per heavy atom. The number of H-pyrrole nitrogens is 1. The van der Waals surface area contributed by atoms with E-state index in [0.717, 1.165) is 22.2 Å². The number of hydrogen-bond acceptors (Lipinski definition) is 4. The van der Waals surface area contributed by atoms with Crippen LogP contribution in [0.3, 0.4) is 0 Å². The van der Waals surface area contributed by atoms with Gasteiger partial charge in [0.1, 0.15) is 17.8 Å². The third-order valence-electron chi connectivity index (χ3n) is 3.99. The maximum Gasteiger partial charge on any atom is 0.255 e. The van der Waals surface area contributed by atoms with Crippen LogP contribution in [0.4, 0.5) is 11.5 Å². The number of carbonyl (C=O) groups is 1. The highest BCUT2D eigenvalue weighted by Gasteiger charge is 2.11. The average Bonchev–Trinajstić information content (AvgIpc) is 3.09. The van der Waals surface area contributed by atoms with Crippen molar-refractivity contribution in [2.45, 2.75) is 0 Å². The Hall–Kier alpha value is -3.67. The van der Waals surface area contributed by atoms with Gasteiger partial charge in [-0.25, -0.2) is 9.97 Å². The van der Waals surface area contributed by atoms with Crippen LogP contribution >= 0.6 is 0 Å². The minimum Gasteiger partial charge on any atom is -0.383 e. The van der Waals surface area contributed by atoms with Crippen LogP contribution in [0, 0.1) is 0 Å². The molecule has 4 rings (SSSR count). The average molecular weight is 329 g/mol. The highest BCUT2D eigenvalue weighted by Crippen LogP contribution is 2.31. The van der Waals surface area contributed by atoms with Gasteiger partial charge >= 0.3 is 0 Å². The number of nitrogens with two attached hydrogens (primary N) is 1. The molecular weight excluding hydrogens is 314 g/mol. The minimum atomic E-state index is -0.141. The van der Waals surface area contributed by atoms with Crippen molar-refractivity contribution in [3.8, 4) is 11.1 Å². The monoisotopic (exact) mass is 329 g/mol. The first-order valence-corrected chi connectivity index (χ1v) is 7.77. The van der Waals surface area contributed by atoms with E-state index >= 15 is 0 Å². The molecule has 0 atom stereocenters. The fourth-order valence-electron chi connectivity index (χ4n) is 2.74. The van der Waals surface area contributed by atoms with Crippen LogP contribution in [-0.2, 0) is 0 Å². The fourth-order valence-corrected chi connectivity index (χ4v) is 2.74. The number of carbonyl (C=O) groups excluding carboxylic acids is 1. The third kappa shape index (κ3) is 2.81. The number of nitrogens with one attached hydrogen (secondary N) is 2. The van der Waals surface area contributed by atoms with E-state index in [0.29, 0.717) is 17.0 Å². The summed E-state index contributed by atoms with van der Waals surface area (Å²) in [7, 11) is 0. The van der Waals surface area contributed by atoms with E-state index < -0.39 is 0 Å². The van der Waals surface area contributed by atoms with Crippen molar-refractivity contribution in [3.63, 3.8) is 0 Å². The van der Waals surface area contributed by atoms with Crippen molar-refractivity contribution < 1.29 is 4.79 Å². The molecule has 4 aromatic rings. The first-order chi connectivity index (χ1) is 12.2. The van der Waals surface area contributed by atoms with Gasteiger partial charge in [-0.15, -0.1) is 0 Å². The topological polar surface area (TPSA) is 96.7 Å². The first kappa shape index (κ1) is 14.9. The molecule has 2 aromatic carbocycles. The molecule has 0 radical (unpaired) electrons. The minimum absolute atomic E-state index is 0.141. The van der Waals surface area contributed by atoms with Crippen LogP contribution < -0.4 is 11.1 Å². The number of fused-ring (bicyclic) bond motifs is 1. The van der Waals surface area contributed by atoms with E-state index in [1.165, 1.54) is 6.33 Å². The lowest BCUT2D eigenvalue weighted by atomic mass is 10.1. The van der Waals surface area contributed by atoms with Gasteiger partial charge in [-0.3, -0.25) is 4.79 Å². The molecule has 0 spiro atoms. The van der Waals surface area contributed by atoms with Gasteiger partial charge in [0, 0.05) is 23.0 Å². The summed E-state index contributed by atoms with van der Waals surface area (Å²) in [4.78, 5) is 23.5. The molecule has 0 fully saturated rings. The van der Waals surface area contributed by atoms with Gasteiger partial charge in [-0.05, 0) is 29.8 Å². The summed E-state index contributed by atoms with van der Waals surface area (Å²) < 4.78 is 0. The number of nitrogen functional groups attached to an aromatic ring is 1. The lowest BCUT2D eigenvalue weighted by Gasteiger charge is -2.07. The van der Waals surface area contributed by atoms with Crippen molar-refractivity contribution in [2.75, 3.05) is 11.1 Å². The maximum atomic E-state index is 12.2. The molecule has 0 unspecified atom stereocenters. The van der Waals surface area contributed by atoms with E-state index in [-0.39, 0.29) is 5.91 Å². The summed E-state index contributed by atoms with van der Waals surface area (Å²) in [5.41, 5.74) is 9.90. The second-order valence-corrected chi connectivity index (χ2v) is 5.58. The van der Waals surface area contributed by atoms with E-state index in [2.05, 4.69) is 20.3 Å². The molecule has 6 nitrogen and oxygen atoms in total. The number of aromatic nitrogens is 3. The van der Waals surface area contributed by atoms with Crippen molar-refractivity contribution in [1.29, 1.82) is 0 Å². The fraction of sp³-hybridized carbons (Fsp3) is 0. The van der Waals surface area contributed by atoms with E-state index in [9.17, 15) is 4.79 Å². The molecule has 0 aliphatic rings. The van der Waals surface area contributed by atoms with Gasteiger partial charge in [-0.1, -0.05) is 30.3 Å². The Morgan fingerprint density at radius 1 is 1.00 bits per heavy atom. The van der Waals surface area contributed by atoms with E-state index in [1.807, 2.05) is 48.7 Å². The molecule has 0 saturated carbocycles. The van der Waals surface area contributed by atoms with Gasteiger partial charge in [0.05, 0.1) is 5.39 Å². The predicted molar refractivity (Wildman–Crippen MR) is 98.1 cm³/mol. The number of amides is 1. The van der Waals surface area contributed by atoms with Crippen molar-refractivity contribution >= 4 is 28.4 Å².